The molecule has 0 fully saturated rings. The van der Waals surface area contributed by atoms with Crippen molar-refractivity contribution in [2.75, 3.05) is 19.6 Å². The van der Waals surface area contributed by atoms with Crippen molar-refractivity contribution in [2.45, 2.75) is 26.7 Å². The number of carbonyl (C=O) groups excluding carboxylic acids is 1. The molecule has 0 saturated heterocycles. The first kappa shape index (κ1) is 12.8. The van der Waals surface area contributed by atoms with Gasteiger partial charge in [-0.2, -0.15) is 0 Å². The summed E-state index contributed by atoms with van der Waals surface area (Å²) < 4.78 is 5.32. The van der Waals surface area contributed by atoms with Crippen molar-refractivity contribution < 1.29 is 9.21 Å². The molecule has 90 valence electrons. The van der Waals surface area contributed by atoms with E-state index in [9.17, 15) is 4.79 Å². The number of carbonyl (C=O) groups is 1. The third kappa shape index (κ3) is 3.38. The number of amides is 1. The van der Waals surface area contributed by atoms with Crippen molar-refractivity contribution in [2.24, 2.45) is 5.73 Å². The van der Waals surface area contributed by atoms with E-state index in [0.29, 0.717) is 18.8 Å². The summed E-state index contributed by atoms with van der Waals surface area (Å²) in [6.45, 7) is 5.73. The lowest BCUT2D eigenvalue weighted by Crippen LogP contribution is -2.35. The second-order valence-corrected chi connectivity index (χ2v) is 3.84. The van der Waals surface area contributed by atoms with Gasteiger partial charge < -0.3 is 15.1 Å². The zero-order chi connectivity index (χ0) is 12.0. The van der Waals surface area contributed by atoms with Gasteiger partial charge in [0.05, 0.1) is 0 Å². The Labute approximate surface area is 96.4 Å². The van der Waals surface area contributed by atoms with E-state index < -0.39 is 0 Å². The largest absolute Gasteiger partial charge is 0.456 e. The summed E-state index contributed by atoms with van der Waals surface area (Å²) in [6.07, 6.45) is 2.05. The van der Waals surface area contributed by atoms with E-state index >= 15 is 0 Å². The maximum absolute atomic E-state index is 12.0. The Bertz CT molecular complexity index is 334. The Morgan fingerprint density at radius 2 is 2.19 bits per heavy atom. The zero-order valence-corrected chi connectivity index (χ0v) is 10.0. The van der Waals surface area contributed by atoms with Crippen molar-refractivity contribution in [3.05, 3.63) is 23.7 Å². The smallest absolute Gasteiger partial charge is 0.289 e. The molecule has 16 heavy (non-hydrogen) atoms. The van der Waals surface area contributed by atoms with Crippen LogP contribution in [-0.4, -0.2) is 30.4 Å². The van der Waals surface area contributed by atoms with E-state index in [4.69, 9.17) is 10.2 Å². The number of nitrogens with two attached hydrogens (primary N) is 1. The van der Waals surface area contributed by atoms with E-state index in [-0.39, 0.29) is 5.91 Å². The van der Waals surface area contributed by atoms with E-state index in [1.807, 2.05) is 6.92 Å². The molecule has 0 aromatic carbocycles. The summed E-state index contributed by atoms with van der Waals surface area (Å²) in [6, 6.07) is 3.51. The van der Waals surface area contributed by atoms with Gasteiger partial charge in [0.25, 0.3) is 5.91 Å². The molecule has 0 aliphatic carbocycles. The van der Waals surface area contributed by atoms with Crippen molar-refractivity contribution in [3.63, 3.8) is 0 Å². The van der Waals surface area contributed by atoms with Crippen molar-refractivity contribution >= 4 is 5.91 Å². The van der Waals surface area contributed by atoms with Gasteiger partial charge in [-0.3, -0.25) is 4.79 Å². The number of furan rings is 1. The number of hydrogen-bond donors (Lipinski definition) is 1. The second-order valence-electron chi connectivity index (χ2n) is 3.84. The molecular weight excluding hydrogens is 204 g/mol. The van der Waals surface area contributed by atoms with Crippen LogP contribution in [0, 0.1) is 6.92 Å². The minimum atomic E-state index is -0.0630. The van der Waals surface area contributed by atoms with Crippen LogP contribution >= 0.6 is 0 Å². The van der Waals surface area contributed by atoms with E-state index in [2.05, 4.69) is 6.92 Å². The number of nitrogens with zero attached hydrogens (tertiary/aromatic N) is 1. The average Bonchev–Trinajstić information content (AvgIpc) is 2.70. The third-order valence-electron chi connectivity index (χ3n) is 2.42. The maximum Gasteiger partial charge on any atom is 0.289 e. The molecule has 1 aromatic rings. The monoisotopic (exact) mass is 224 g/mol. The van der Waals surface area contributed by atoms with Crippen LogP contribution in [-0.2, 0) is 0 Å². The third-order valence-corrected chi connectivity index (χ3v) is 2.42. The Hall–Kier alpha value is -1.29. The second kappa shape index (κ2) is 6.33. The van der Waals surface area contributed by atoms with Crippen LogP contribution in [0.5, 0.6) is 0 Å². The van der Waals surface area contributed by atoms with Gasteiger partial charge in [0.2, 0.25) is 0 Å². The summed E-state index contributed by atoms with van der Waals surface area (Å²) in [5.41, 5.74) is 5.50. The van der Waals surface area contributed by atoms with Gasteiger partial charge in [-0.15, -0.1) is 0 Å². The molecule has 4 nitrogen and oxygen atoms in total. The first-order valence-corrected chi connectivity index (χ1v) is 5.74. The summed E-state index contributed by atoms with van der Waals surface area (Å²) in [5.74, 6) is 1.10. The molecule has 0 aliphatic heterocycles. The van der Waals surface area contributed by atoms with E-state index in [1.54, 1.807) is 17.0 Å². The minimum Gasteiger partial charge on any atom is -0.456 e. The quantitative estimate of drug-likeness (QED) is 0.801. The Balaban J connectivity index is 2.66. The first-order chi connectivity index (χ1) is 7.69. The topological polar surface area (TPSA) is 59.5 Å². The van der Waals surface area contributed by atoms with Gasteiger partial charge in [-0.05, 0) is 25.5 Å². The highest BCUT2D eigenvalue weighted by atomic mass is 16.3. The average molecular weight is 224 g/mol. The predicted molar refractivity (Wildman–Crippen MR) is 63.3 cm³/mol. The van der Waals surface area contributed by atoms with Gasteiger partial charge in [0.1, 0.15) is 5.76 Å². The fourth-order valence-electron chi connectivity index (χ4n) is 1.53. The lowest BCUT2D eigenvalue weighted by atomic mass is 10.3. The van der Waals surface area contributed by atoms with E-state index in [1.165, 1.54) is 0 Å². The van der Waals surface area contributed by atoms with Crippen molar-refractivity contribution in [1.82, 2.24) is 4.90 Å². The molecule has 0 radical (unpaired) electrons. The van der Waals surface area contributed by atoms with Gasteiger partial charge in [-0.1, -0.05) is 13.3 Å². The molecule has 1 heterocycles. The highest BCUT2D eigenvalue weighted by Gasteiger charge is 2.17. The van der Waals surface area contributed by atoms with Crippen molar-refractivity contribution in [1.29, 1.82) is 0 Å². The molecule has 0 spiro atoms. The van der Waals surface area contributed by atoms with E-state index in [0.717, 1.165) is 25.1 Å². The summed E-state index contributed by atoms with van der Waals surface area (Å²) in [4.78, 5) is 13.8. The van der Waals surface area contributed by atoms with Crippen LogP contribution in [0.4, 0.5) is 0 Å². The minimum absolute atomic E-state index is 0.0630. The molecule has 1 rings (SSSR count). The van der Waals surface area contributed by atoms with Crippen LogP contribution < -0.4 is 5.73 Å². The van der Waals surface area contributed by atoms with Crippen LogP contribution in [0.1, 0.15) is 36.1 Å². The van der Waals surface area contributed by atoms with Crippen LogP contribution in [0.2, 0.25) is 0 Å². The van der Waals surface area contributed by atoms with Crippen LogP contribution in [0.3, 0.4) is 0 Å². The maximum atomic E-state index is 12.0. The molecular formula is C12H20N2O2. The molecule has 1 amide bonds. The number of aryl methyl sites for hydroxylation is 1. The molecule has 0 aliphatic rings. The molecule has 0 atom stereocenters. The highest BCUT2D eigenvalue weighted by molar-refractivity contribution is 5.91. The lowest BCUT2D eigenvalue weighted by molar-refractivity contribution is 0.0725. The predicted octanol–water partition coefficient (Wildman–Crippen LogP) is 1.79. The molecule has 1 aromatic heterocycles. The summed E-state index contributed by atoms with van der Waals surface area (Å²) >= 11 is 0. The van der Waals surface area contributed by atoms with Gasteiger partial charge in [-0.25, -0.2) is 0 Å². The Kier molecular flexibility index (Phi) is 5.05. The molecule has 0 saturated carbocycles. The molecule has 0 bridgehead atoms. The lowest BCUT2D eigenvalue weighted by Gasteiger charge is -2.20. The van der Waals surface area contributed by atoms with Gasteiger partial charge >= 0.3 is 0 Å². The number of unbranched alkanes of at least 4 members (excludes halogenated alkanes) is 1. The van der Waals surface area contributed by atoms with Gasteiger partial charge in [0.15, 0.2) is 5.76 Å². The van der Waals surface area contributed by atoms with Crippen molar-refractivity contribution in [3.8, 4) is 0 Å². The Morgan fingerprint density at radius 3 is 2.69 bits per heavy atom. The molecule has 0 unspecified atom stereocenters. The fourth-order valence-corrected chi connectivity index (χ4v) is 1.53. The Morgan fingerprint density at radius 1 is 1.44 bits per heavy atom. The summed E-state index contributed by atoms with van der Waals surface area (Å²) in [7, 11) is 0. The number of hydrogen-bond acceptors (Lipinski definition) is 3. The van der Waals surface area contributed by atoms with Gasteiger partial charge in [0, 0.05) is 19.6 Å². The fraction of sp³-hybridized carbons (Fsp3) is 0.583. The SMILES string of the molecule is CCCCN(CCN)C(=O)c1ccc(C)o1. The standard InChI is InChI=1S/C12H20N2O2/c1-3-4-8-14(9-7-13)12(15)11-6-5-10(2)16-11/h5-6H,3-4,7-9,13H2,1-2H3. The number of rotatable bonds is 6. The normalized spacial score (nSPS) is 10.4. The highest BCUT2D eigenvalue weighted by Crippen LogP contribution is 2.10. The van der Waals surface area contributed by atoms with Crippen LogP contribution in [0.25, 0.3) is 0 Å². The first-order valence-electron chi connectivity index (χ1n) is 5.74. The summed E-state index contributed by atoms with van der Waals surface area (Å²) in [5, 5.41) is 0. The zero-order valence-electron chi connectivity index (χ0n) is 10.0. The molecule has 4 heteroatoms. The van der Waals surface area contributed by atoms with Crippen LogP contribution in [0.15, 0.2) is 16.5 Å². The molecule has 2 N–H and O–H groups in total.